The molecule has 7 heteroatoms. The number of nitro benzene ring substituents is 1. The normalized spacial score (nSPS) is 12.1. The monoisotopic (exact) mass is 350 g/mol. The summed E-state index contributed by atoms with van der Waals surface area (Å²) in [4.78, 5) is 14.9. The first-order valence-electron chi connectivity index (χ1n) is 8.92. The zero-order valence-electron chi connectivity index (χ0n) is 15.4. The van der Waals surface area contributed by atoms with Crippen molar-refractivity contribution in [2.45, 2.75) is 58.6 Å². The fraction of sp³-hybridized carbons (Fsp3) is 0.611. The fourth-order valence-electron chi connectivity index (χ4n) is 2.76. The summed E-state index contributed by atoms with van der Waals surface area (Å²) < 4.78 is 0. The Hall–Kier alpha value is -2.15. The summed E-state index contributed by atoms with van der Waals surface area (Å²) in [5.41, 5.74) is 0.0836. The van der Waals surface area contributed by atoms with Crippen LogP contribution in [0.5, 0.6) is 0 Å². The van der Waals surface area contributed by atoms with Crippen LogP contribution in [0.1, 0.15) is 52.0 Å². The van der Waals surface area contributed by atoms with E-state index in [0.29, 0.717) is 25.6 Å². The van der Waals surface area contributed by atoms with Gasteiger partial charge in [-0.25, -0.2) is 4.99 Å². The van der Waals surface area contributed by atoms with Gasteiger partial charge in [0.1, 0.15) is 0 Å². The Kier molecular flexibility index (Phi) is 8.91. The van der Waals surface area contributed by atoms with Gasteiger partial charge < -0.3 is 15.7 Å². The number of rotatable bonds is 10. The van der Waals surface area contributed by atoms with E-state index in [2.05, 4.69) is 29.5 Å². The second-order valence-corrected chi connectivity index (χ2v) is 6.20. The molecule has 0 unspecified atom stereocenters. The molecule has 0 bridgehead atoms. The zero-order chi connectivity index (χ0) is 18.7. The first-order valence-corrected chi connectivity index (χ1v) is 8.92. The van der Waals surface area contributed by atoms with Crippen LogP contribution in [-0.4, -0.2) is 34.7 Å². The van der Waals surface area contributed by atoms with Crippen LogP contribution in [0, 0.1) is 10.1 Å². The van der Waals surface area contributed by atoms with Crippen LogP contribution < -0.4 is 10.6 Å². The SMILES string of the molecule is CCCC(O)(CCC)CNC(=NCc1cccc([N+](=O)[O-])c1)NCC. The van der Waals surface area contributed by atoms with E-state index >= 15 is 0 Å². The number of nitro groups is 1. The fourth-order valence-corrected chi connectivity index (χ4v) is 2.76. The lowest BCUT2D eigenvalue weighted by Gasteiger charge is -2.28. The predicted octanol–water partition coefficient (Wildman–Crippen LogP) is 2.98. The van der Waals surface area contributed by atoms with Gasteiger partial charge in [0.25, 0.3) is 5.69 Å². The third-order valence-electron chi connectivity index (χ3n) is 3.90. The molecule has 0 aliphatic carbocycles. The molecular formula is C18H30N4O3. The summed E-state index contributed by atoms with van der Waals surface area (Å²) in [6.07, 6.45) is 3.30. The minimum absolute atomic E-state index is 0.0610. The molecule has 0 amide bonds. The Balaban J connectivity index is 2.76. The highest BCUT2D eigenvalue weighted by Gasteiger charge is 2.24. The van der Waals surface area contributed by atoms with Crippen LogP contribution in [0.4, 0.5) is 5.69 Å². The van der Waals surface area contributed by atoms with Crippen LogP contribution in [0.3, 0.4) is 0 Å². The van der Waals surface area contributed by atoms with Crippen LogP contribution in [0.15, 0.2) is 29.3 Å². The summed E-state index contributed by atoms with van der Waals surface area (Å²) in [6, 6.07) is 6.46. The van der Waals surface area contributed by atoms with Gasteiger partial charge in [-0.15, -0.1) is 0 Å². The van der Waals surface area contributed by atoms with Crippen molar-refractivity contribution in [1.82, 2.24) is 10.6 Å². The molecule has 7 nitrogen and oxygen atoms in total. The Morgan fingerprint density at radius 1 is 1.24 bits per heavy atom. The van der Waals surface area contributed by atoms with E-state index in [0.717, 1.165) is 31.2 Å². The first-order chi connectivity index (χ1) is 11.9. The summed E-state index contributed by atoms with van der Waals surface area (Å²) in [5, 5.41) is 27.9. The molecule has 0 atom stereocenters. The Labute approximate surface area is 149 Å². The maximum absolute atomic E-state index is 10.8. The lowest BCUT2D eigenvalue weighted by atomic mass is 9.93. The van der Waals surface area contributed by atoms with Crippen molar-refractivity contribution in [3.8, 4) is 0 Å². The van der Waals surface area contributed by atoms with Gasteiger partial charge in [0, 0.05) is 25.2 Å². The van der Waals surface area contributed by atoms with Crippen LogP contribution in [0.2, 0.25) is 0 Å². The standard InChI is InChI=1S/C18H30N4O3/c1-4-10-18(23,11-5-2)14-21-17(19-6-3)20-13-15-8-7-9-16(12-15)22(24)25/h7-9,12,23H,4-6,10-11,13-14H2,1-3H3,(H2,19,20,21). The van der Waals surface area contributed by atoms with Crippen molar-refractivity contribution in [1.29, 1.82) is 0 Å². The highest BCUT2D eigenvalue weighted by Crippen LogP contribution is 2.18. The summed E-state index contributed by atoms with van der Waals surface area (Å²) in [5.74, 6) is 0.597. The molecule has 1 aromatic rings. The van der Waals surface area contributed by atoms with Crippen LogP contribution in [0.25, 0.3) is 0 Å². The topological polar surface area (TPSA) is 99.8 Å². The molecule has 0 aromatic heterocycles. The van der Waals surface area contributed by atoms with E-state index in [4.69, 9.17) is 0 Å². The molecule has 0 saturated heterocycles. The van der Waals surface area contributed by atoms with Gasteiger partial charge >= 0.3 is 0 Å². The predicted molar refractivity (Wildman–Crippen MR) is 101 cm³/mol. The Morgan fingerprint density at radius 3 is 2.48 bits per heavy atom. The van der Waals surface area contributed by atoms with Crippen molar-refractivity contribution < 1.29 is 10.0 Å². The average molecular weight is 350 g/mol. The maximum Gasteiger partial charge on any atom is 0.269 e. The average Bonchev–Trinajstić information content (AvgIpc) is 2.58. The molecule has 0 spiro atoms. The smallest absolute Gasteiger partial charge is 0.269 e. The van der Waals surface area contributed by atoms with Gasteiger partial charge in [-0.3, -0.25) is 10.1 Å². The lowest BCUT2D eigenvalue weighted by Crippen LogP contribution is -2.47. The Bertz CT molecular complexity index is 569. The van der Waals surface area contributed by atoms with Gasteiger partial charge in [0.2, 0.25) is 0 Å². The van der Waals surface area contributed by atoms with Crippen molar-refractivity contribution in [2.75, 3.05) is 13.1 Å². The second kappa shape index (κ2) is 10.7. The van der Waals surface area contributed by atoms with E-state index < -0.39 is 10.5 Å². The molecule has 0 aliphatic heterocycles. The van der Waals surface area contributed by atoms with Gasteiger partial charge in [0.15, 0.2) is 5.96 Å². The number of guanidine groups is 1. The number of aliphatic imine (C=N–C) groups is 1. The highest BCUT2D eigenvalue weighted by molar-refractivity contribution is 5.79. The molecule has 3 N–H and O–H groups in total. The minimum atomic E-state index is -0.745. The van der Waals surface area contributed by atoms with E-state index in [1.807, 2.05) is 13.0 Å². The number of non-ortho nitro benzene ring substituents is 1. The minimum Gasteiger partial charge on any atom is -0.388 e. The second-order valence-electron chi connectivity index (χ2n) is 6.20. The molecule has 1 aromatic carbocycles. The molecule has 25 heavy (non-hydrogen) atoms. The molecule has 140 valence electrons. The van der Waals surface area contributed by atoms with E-state index in [9.17, 15) is 15.2 Å². The zero-order valence-corrected chi connectivity index (χ0v) is 15.4. The van der Waals surface area contributed by atoms with Crippen LogP contribution in [-0.2, 0) is 6.54 Å². The van der Waals surface area contributed by atoms with Gasteiger partial charge in [-0.1, -0.05) is 38.8 Å². The molecule has 0 radical (unpaired) electrons. The quantitative estimate of drug-likeness (QED) is 0.261. The largest absolute Gasteiger partial charge is 0.388 e. The van der Waals surface area contributed by atoms with Crippen LogP contribution >= 0.6 is 0 Å². The number of hydrogen-bond donors (Lipinski definition) is 3. The third-order valence-corrected chi connectivity index (χ3v) is 3.90. The van der Waals surface area contributed by atoms with Gasteiger partial charge in [-0.05, 0) is 25.3 Å². The number of benzene rings is 1. The molecular weight excluding hydrogens is 320 g/mol. The highest BCUT2D eigenvalue weighted by atomic mass is 16.6. The third kappa shape index (κ3) is 7.51. The number of aliphatic hydroxyl groups is 1. The van der Waals surface area contributed by atoms with Crippen molar-refractivity contribution in [3.05, 3.63) is 39.9 Å². The molecule has 0 fully saturated rings. The number of nitrogens with one attached hydrogen (secondary N) is 2. The van der Waals surface area contributed by atoms with Crippen molar-refractivity contribution in [2.24, 2.45) is 4.99 Å². The first kappa shape index (κ1) is 20.9. The van der Waals surface area contributed by atoms with Crippen molar-refractivity contribution in [3.63, 3.8) is 0 Å². The number of nitrogens with zero attached hydrogens (tertiary/aromatic N) is 2. The van der Waals surface area contributed by atoms with Gasteiger partial charge in [-0.2, -0.15) is 0 Å². The maximum atomic E-state index is 10.8. The summed E-state index contributed by atoms with van der Waals surface area (Å²) >= 11 is 0. The van der Waals surface area contributed by atoms with Crippen molar-refractivity contribution >= 4 is 11.6 Å². The molecule has 0 saturated carbocycles. The Morgan fingerprint density at radius 2 is 1.92 bits per heavy atom. The van der Waals surface area contributed by atoms with E-state index in [-0.39, 0.29) is 5.69 Å². The summed E-state index contributed by atoms with van der Waals surface area (Å²) in [6.45, 7) is 7.53. The molecule has 0 heterocycles. The molecule has 1 rings (SSSR count). The van der Waals surface area contributed by atoms with E-state index in [1.165, 1.54) is 12.1 Å². The van der Waals surface area contributed by atoms with Gasteiger partial charge in [0.05, 0.1) is 17.1 Å². The molecule has 0 aliphatic rings. The summed E-state index contributed by atoms with van der Waals surface area (Å²) in [7, 11) is 0. The number of hydrogen-bond acceptors (Lipinski definition) is 4. The van der Waals surface area contributed by atoms with E-state index in [1.54, 1.807) is 6.07 Å². The lowest BCUT2D eigenvalue weighted by molar-refractivity contribution is -0.384.